The highest BCUT2D eigenvalue weighted by Gasteiger charge is 2.61. The van der Waals surface area contributed by atoms with Gasteiger partial charge in [0.25, 0.3) is 0 Å². The summed E-state index contributed by atoms with van der Waals surface area (Å²) in [5.74, 6) is 0.571. The van der Waals surface area contributed by atoms with Crippen LogP contribution in [0.5, 0.6) is 0 Å². The maximum Gasteiger partial charge on any atom is 0.410 e. The number of hydrogen-bond donors (Lipinski definition) is 1. The second-order valence-electron chi connectivity index (χ2n) is 9.61. The molecule has 4 rings (SSSR count). The van der Waals surface area contributed by atoms with Crippen molar-refractivity contribution in [2.24, 2.45) is 17.8 Å². The topological polar surface area (TPSA) is 63.0 Å². The van der Waals surface area contributed by atoms with Crippen molar-refractivity contribution >= 4 is 17.5 Å². The Kier molecular flexibility index (Phi) is 4.21. The number of likely N-dealkylation sites (tertiary alicyclic amines) is 1. The fourth-order valence-electron chi connectivity index (χ4n) is 4.25. The van der Waals surface area contributed by atoms with E-state index in [0.717, 1.165) is 11.1 Å². The first-order valence-corrected chi connectivity index (χ1v) is 9.92. The Morgan fingerprint density at radius 1 is 1.11 bits per heavy atom. The van der Waals surface area contributed by atoms with Crippen LogP contribution in [-0.4, -0.2) is 40.0 Å². The number of piperidine rings is 1. The normalized spacial score (nSPS) is 24.2. The van der Waals surface area contributed by atoms with Gasteiger partial charge in [-0.15, -0.1) is 0 Å². The number of nitrogens with zero attached hydrogens (tertiary/aromatic N) is 2. The van der Waals surface area contributed by atoms with E-state index < -0.39 is 11.1 Å². The summed E-state index contributed by atoms with van der Waals surface area (Å²) in [5.41, 5.74) is 1.24. The van der Waals surface area contributed by atoms with Gasteiger partial charge in [0.2, 0.25) is 5.91 Å². The molecule has 2 aromatic rings. The summed E-state index contributed by atoms with van der Waals surface area (Å²) >= 11 is 0. The Morgan fingerprint density at radius 2 is 1.79 bits per heavy atom. The van der Waals surface area contributed by atoms with Crippen molar-refractivity contribution < 1.29 is 14.3 Å². The van der Waals surface area contributed by atoms with Crippen LogP contribution in [0.4, 0.5) is 4.79 Å². The molecule has 0 spiro atoms. The molecular formula is C22H29N3O3. The lowest BCUT2D eigenvalue weighted by molar-refractivity contribution is -0.125. The third-order valence-corrected chi connectivity index (χ3v) is 5.81. The summed E-state index contributed by atoms with van der Waals surface area (Å²) in [4.78, 5) is 26.8. The zero-order chi connectivity index (χ0) is 20.3. The quantitative estimate of drug-likeness (QED) is 0.884. The molecular weight excluding hydrogens is 354 g/mol. The van der Waals surface area contributed by atoms with Crippen LogP contribution in [0.25, 0.3) is 5.52 Å². The third kappa shape index (κ3) is 3.48. The van der Waals surface area contributed by atoms with Gasteiger partial charge in [-0.25, -0.2) is 4.79 Å². The number of nitrogens with one attached hydrogen (secondary N) is 1. The van der Waals surface area contributed by atoms with Crippen LogP contribution in [-0.2, 0) is 15.1 Å². The number of amides is 2. The summed E-state index contributed by atoms with van der Waals surface area (Å²) in [6.07, 6.45) is 3.79. The molecule has 1 saturated heterocycles. The van der Waals surface area contributed by atoms with E-state index in [1.807, 2.05) is 52.9 Å². The average molecular weight is 383 g/mol. The van der Waals surface area contributed by atoms with Crippen LogP contribution in [0.15, 0.2) is 36.7 Å². The van der Waals surface area contributed by atoms with Crippen LogP contribution in [0.1, 0.15) is 40.2 Å². The number of hydrogen-bond acceptors (Lipinski definition) is 3. The number of pyridine rings is 1. The lowest BCUT2D eigenvalue weighted by Crippen LogP contribution is -2.44. The van der Waals surface area contributed by atoms with E-state index in [1.165, 1.54) is 0 Å². The fourth-order valence-corrected chi connectivity index (χ4v) is 4.25. The SMILES string of the molecule is CC(C)(C)OC(=O)N1CC2C(C(=O)NC(C)(C)c3cc4ccccn4c3)[C@@H]2C1. The number of carbonyl (C=O) groups is 2. The number of carbonyl (C=O) groups excluding carboxylic acids is 2. The maximum atomic E-state index is 12.9. The minimum atomic E-state index is -0.494. The Hall–Kier alpha value is -2.50. The monoisotopic (exact) mass is 383 g/mol. The molecule has 2 unspecified atom stereocenters. The molecule has 2 fully saturated rings. The summed E-state index contributed by atoms with van der Waals surface area (Å²) in [7, 11) is 0. The molecule has 3 heterocycles. The van der Waals surface area contributed by atoms with E-state index in [2.05, 4.69) is 28.0 Å². The molecule has 1 saturated carbocycles. The standard InChI is InChI=1S/C22H29N3O3/c1-21(2,3)28-20(27)25-12-16-17(13-25)18(16)19(26)23-22(4,5)14-10-15-8-6-7-9-24(15)11-14/h6-11,16-18H,12-13H2,1-5H3,(H,23,26)/t16-,17?,18?/m1/s1. The van der Waals surface area contributed by atoms with Gasteiger partial charge < -0.3 is 19.4 Å². The highest BCUT2D eigenvalue weighted by Crippen LogP contribution is 2.52. The van der Waals surface area contributed by atoms with E-state index in [4.69, 9.17) is 4.74 Å². The number of fused-ring (bicyclic) bond motifs is 2. The van der Waals surface area contributed by atoms with Gasteiger partial charge in [0, 0.05) is 36.9 Å². The molecule has 2 aliphatic rings. The molecule has 0 bridgehead atoms. The number of rotatable bonds is 3. The second-order valence-corrected chi connectivity index (χ2v) is 9.61. The molecule has 1 aliphatic heterocycles. The molecule has 3 atom stereocenters. The molecule has 0 aromatic carbocycles. The predicted octanol–water partition coefficient (Wildman–Crippen LogP) is 3.40. The first kappa shape index (κ1) is 18.8. The van der Waals surface area contributed by atoms with Crippen LogP contribution in [0.2, 0.25) is 0 Å². The van der Waals surface area contributed by atoms with Gasteiger partial charge in [0.15, 0.2) is 0 Å². The van der Waals surface area contributed by atoms with Crippen molar-refractivity contribution in [3.63, 3.8) is 0 Å². The first-order valence-electron chi connectivity index (χ1n) is 9.92. The lowest BCUT2D eigenvalue weighted by atomic mass is 9.96. The van der Waals surface area contributed by atoms with E-state index in [-0.39, 0.29) is 29.8 Å². The number of ether oxygens (including phenoxy) is 1. The third-order valence-electron chi connectivity index (χ3n) is 5.81. The van der Waals surface area contributed by atoms with Gasteiger partial charge in [0.05, 0.1) is 5.54 Å². The fraction of sp³-hybridized carbons (Fsp3) is 0.545. The summed E-state index contributed by atoms with van der Waals surface area (Å²) in [5, 5.41) is 3.22. The minimum Gasteiger partial charge on any atom is -0.444 e. The summed E-state index contributed by atoms with van der Waals surface area (Å²) in [6, 6.07) is 8.16. The van der Waals surface area contributed by atoms with Gasteiger partial charge in [-0.2, -0.15) is 0 Å². The smallest absolute Gasteiger partial charge is 0.410 e. The second kappa shape index (κ2) is 6.26. The van der Waals surface area contributed by atoms with Gasteiger partial charge in [-0.1, -0.05) is 6.07 Å². The largest absolute Gasteiger partial charge is 0.444 e. The molecule has 150 valence electrons. The summed E-state index contributed by atoms with van der Waals surface area (Å²) < 4.78 is 7.50. The van der Waals surface area contributed by atoms with Gasteiger partial charge >= 0.3 is 6.09 Å². The van der Waals surface area contributed by atoms with Crippen molar-refractivity contribution in [2.45, 2.75) is 45.8 Å². The van der Waals surface area contributed by atoms with Crippen molar-refractivity contribution in [1.29, 1.82) is 0 Å². The molecule has 2 aromatic heterocycles. The van der Waals surface area contributed by atoms with E-state index in [9.17, 15) is 9.59 Å². The highest BCUT2D eigenvalue weighted by atomic mass is 16.6. The van der Waals surface area contributed by atoms with Crippen LogP contribution in [0.3, 0.4) is 0 Å². The van der Waals surface area contributed by atoms with Gasteiger partial charge in [0.1, 0.15) is 5.60 Å². The van der Waals surface area contributed by atoms with Gasteiger partial charge in [-0.05, 0) is 70.2 Å². The van der Waals surface area contributed by atoms with E-state index >= 15 is 0 Å². The molecule has 2 amide bonds. The van der Waals surface area contributed by atoms with Crippen LogP contribution < -0.4 is 5.32 Å². The van der Waals surface area contributed by atoms with Crippen molar-refractivity contribution in [2.75, 3.05) is 13.1 Å². The Labute approximate surface area is 165 Å². The Morgan fingerprint density at radius 3 is 2.39 bits per heavy atom. The molecule has 6 nitrogen and oxygen atoms in total. The average Bonchev–Trinajstić information content (AvgIpc) is 2.96. The summed E-state index contributed by atoms with van der Waals surface area (Å²) in [6.45, 7) is 10.9. The zero-order valence-electron chi connectivity index (χ0n) is 17.2. The van der Waals surface area contributed by atoms with E-state index in [0.29, 0.717) is 13.1 Å². The maximum absolute atomic E-state index is 12.9. The Balaban J connectivity index is 1.36. The minimum absolute atomic E-state index is 0.00464. The molecule has 28 heavy (non-hydrogen) atoms. The van der Waals surface area contributed by atoms with E-state index in [1.54, 1.807) is 4.90 Å². The lowest BCUT2D eigenvalue weighted by Gasteiger charge is -2.28. The predicted molar refractivity (Wildman–Crippen MR) is 107 cm³/mol. The van der Waals surface area contributed by atoms with Crippen LogP contribution >= 0.6 is 0 Å². The first-order chi connectivity index (χ1) is 13.0. The van der Waals surface area contributed by atoms with Crippen molar-refractivity contribution in [3.8, 4) is 0 Å². The van der Waals surface area contributed by atoms with Crippen LogP contribution in [0, 0.1) is 17.8 Å². The van der Waals surface area contributed by atoms with Crippen molar-refractivity contribution in [3.05, 3.63) is 42.2 Å². The number of aromatic nitrogens is 1. The molecule has 1 N–H and O–H groups in total. The van der Waals surface area contributed by atoms with Gasteiger partial charge in [-0.3, -0.25) is 4.79 Å². The molecule has 1 aliphatic carbocycles. The Bertz CT molecular complexity index is 879. The molecule has 6 heteroatoms. The zero-order valence-corrected chi connectivity index (χ0v) is 17.2. The highest BCUT2D eigenvalue weighted by molar-refractivity contribution is 5.84. The molecule has 0 radical (unpaired) electrons. The van der Waals surface area contributed by atoms with Crippen molar-refractivity contribution in [1.82, 2.24) is 14.6 Å².